The van der Waals surface area contributed by atoms with Crippen molar-refractivity contribution in [3.05, 3.63) is 85.0 Å². The molecule has 0 aliphatic rings. The molecule has 0 spiro atoms. The van der Waals surface area contributed by atoms with Gasteiger partial charge in [0, 0.05) is 44.6 Å². The Labute approximate surface area is 171 Å². The molecule has 9 heteroatoms. The van der Waals surface area contributed by atoms with Crippen LogP contribution < -0.4 is 5.32 Å². The highest BCUT2D eigenvalue weighted by Crippen LogP contribution is 2.26. The van der Waals surface area contributed by atoms with Gasteiger partial charge in [-0.05, 0) is 32.0 Å². The number of nitro benzene ring substituents is 1. The van der Waals surface area contributed by atoms with E-state index in [2.05, 4.69) is 10.4 Å². The number of halogens is 2. The van der Waals surface area contributed by atoms with Crippen LogP contribution in [0.2, 0.25) is 10.0 Å². The first-order chi connectivity index (χ1) is 13.3. The molecule has 1 heterocycles. The van der Waals surface area contributed by atoms with E-state index in [4.69, 9.17) is 23.2 Å². The second-order valence-electron chi connectivity index (χ2n) is 6.19. The minimum Gasteiger partial charge on any atom is -0.305 e. The van der Waals surface area contributed by atoms with Gasteiger partial charge in [0.05, 0.1) is 11.5 Å². The van der Waals surface area contributed by atoms with Crippen LogP contribution in [0.25, 0.3) is 0 Å². The molecule has 1 N–H and O–H groups in total. The number of carbonyl (C=O) groups excluding carboxylic acids is 1. The van der Waals surface area contributed by atoms with Gasteiger partial charge in [-0.2, -0.15) is 5.10 Å². The fourth-order valence-corrected chi connectivity index (χ4v) is 3.33. The predicted molar refractivity (Wildman–Crippen MR) is 108 cm³/mol. The van der Waals surface area contributed by atoms with E-state index in [9.17, 15) is 14.9 Å². The summed E-state index contributed by atoms with van der Waals surface area (Å²) in [7, 11) is 0. The van der Waals surface area contributed by atoms with Gasteiger partial charge in [0.1, 0.15) is 0 Å². The van der Waals surface area contributed by atoms with Gasteiger partial charge < -0.3 is 5.32 Å². The molecule has 0 saturated carbocycles. The maximum absolute atomic E-state index is 12.6. The van der Waals surface area contributed by atoms with Gasteiger partial charge in [-0.25, -0.2) is 0 Å². The van der Waals surface area contributed by atoms with Crippen LogP contribution in [0.15, 0.2) is 42.5 Å². The van der Waals surface area contributed by atoms with Gasteiger partial charge in [-0.1, -0.05) is 35.3 Å². The Balaban J connectivity index is 1.83. The van der Waals surface area contributed by atoms with Crippen molar-refractivity contribution >= 4 is 40.6 Å². The third-order valence-electron chi connectivity index (χ3n) is 4.34. The van der Waals surface area contributed by atoms with E-state index >= 15 is 0 Å². The molecule has 3 aromatic rings. The Bertz CT molecular complexity index is 1060. The molecule has 0 aliphatic heterocycles. The zero-order valence-electron chi connectivity index (χ0n) is 15.1. The van der Waals surface area contributed by atoms with Gasteiger partial charge in [0.25, 0.3) is 11.6 Å². The summed E-state index contributed by atoms with van der Waals surface area (Å²) in [6.07, 6.45) is 0. The number of aryl methyl sites for hydroxylation is 1. The first-order valence-electron chi connectivity index (χ1n) is 8.30. The molecular weight excluding hydrogens is 403 g/mol. The van der Waals surface area contributed by atoms with E-state index in [1.54, 1.807) is 28.9 Å². The molecular formula is C19H16Cl2N4O3. The fraction of sp³-hybridized carbons (Fsp3) is 0.158. The lowest BCUT2D eigenvalue weighted by molar-refractivity contribution is -0.385. The molecule has 7 nitrogen and oxygen atoms in total. The first-order valence-corrected chi connectivity index (χ1v) is 9.06. The van der Waals surface area contributed by atoms with Crippen LogP contribution in [0, 0.1) is 24.0 Å². The summed E-state index contributed by atoms with van der Waals surface area (Å²) >= 11 is 12.4. The first kappa shape index (κ1) is 19.9. The van der Waals surface area contributed by atoms with Crippen molar-refractivity contribution in [2.75, 3.05) is 5.32 Å². The van der Waals surface area contributed by atoms with E-state index in [1.807, 2.05) is 6.92 Å². The van der Waals surface area contributed by atoms with Gasteiger partial charge >= 0.3 is 0 Å². The number of anilines is 1. The van der Waals surface area contributed by atoms with Crippen LogP contribution in [0.3, 0.4) is 0 Å². The van der Waals surface area contributed by atoms with E-state index in [-0.39, 0.29) is 11.3 Å². The van der Waals surface area contributed by atoms with Gasteiger partial charge in [0.2, 0.25) is 0 Å². The minimum absolute atomic E-state index is 0.109. The highest BCUT2D eigenvalue weighted by Gasteiger charge is 2.19. The Hall–Kier alpha value is -2.90. The Kier molecular flexibility index (Phi) is 5.67. The molecule has 0 fully saturated rings. The van der Waals surface area contributed by atoms with Crippen molar-refractivity contribution in [2.45, 2.75) is 20.4 Å². The van der Waals surface area contributed by atoms with Crippen LogP contribution >= 0.6 is 23.2 Å². The van der Waals surface area contributed by atoms with E-state index in [0.29, 0.717) is 28.0 Å². The number of aromatic nitrogens is 2. The van der Waals surface area contributed by atoms with Crippen LogP contribution in [-0.2, 0) is 6.54 Å². The normalized spacial score (nSPS) is 10.7. The van der Waals surface area contributed by atoms with Crippen molar-refractivity contribution in [2.24, 2.45) is 0 Å². The topological polar surface area (TPSA) is 90.1 Å². The number of amides is 1. The number of carbonyl (C=O) groups is 1. The van der Waals surface area contributed by atoms with Crippen LogP contribution in [0.5, 0.6) is 0 Å². The number of benzene rings is 2. The second kappa shape index (κ2) is 8.00. The largest absolute Gasteiger partial charge is 0.305 e. The van der Waals surface area contributed by atoms with Gasteiger partial charge in [0.15, 0.2) is 5.82 Å². The lowest BCUT2D eigenvalue weighted by atomic mass is 10.1. The molecule has 0 atom stereocenters. The van der Waals surface area contributed by atoms with Crippen LogP contribution in [0.1, 0.15) is 27.2 Å². The molecule has 1 aromatic heterocycles. The summed E-state index contributed by atoms with van der Waals surface area (Å²) in [5.74, 6) is -0.141. The molecule has 0 aliphatic carbocycles. The molecule has 3 rings (SSSR count). The van der Waals surface area contributed by atoms with Crippen molar-refractivity contribution < 1.29 is 9.72 Å². The number of nitro groups is 1. The number of nitrogens with one attached hydrogen (secondary N) is 1. The van der Waals surface area contributed by atoms with Crippen LogP contribution in [-0.4, -0.2) is 20.6 Å². The van der Waals surface area contributed by atoms with E-state index < -0.39 is 10.8 Å². The average molecular weight is 419 g/mol. The molecule has 144 valence electrons. The number of rotatable bonds is 5. The third kappa shape index (κ3) is 4.00. The summed E-state index contributed by atoms with van der Waals surface area (Å²) < 4.78 is 1.67. The molecule has 28 heavy (non-hydrogen) atoms. The van der Waals surface area contributed by atoms with Crippen molar-refractivity contribution in [1.29, 1.82) is 0 Å². The zero-order chi connectivity index (χ0) is 20.4. The highest BCUT2D eigenvalue weighted by molar-refractivity contribution is 6.35. The molecule has 1 amide bonds. The average Bonchev–Trinajstić information content (AvgIpc) is 2.97. The Morgan fingerprint density at radius 1 is 1.18 bits per heavy atom. The highest BCUT2D eigenvalue weighted by atomic mass is 35.5. The lowest BCUT2D eigenvalue weighted by Gasteiger charge is -2.09. The molecule has 0 unspecified atom stereocenters. The van der Waals surface area contributed by atoms with E-state index in [1.165, 1.54) is 25.1 Å². The summed E-state index contributed by atoms with van der Waals surface area (Å²) in [6.45, 7) is 3.72. The lowest BCUT2D eigenvalue weighted by Crippen LogP contribution is -2.15. The SMILES string of the molecule is Cc1c(C(=O)Nc2cc(C)n(Cc3c(Cl)cccc3Cl)n2)cccc1[N+](=O)[O-]. The zero-order valence-corrected chi connectivity index (χ0v) is 16.6. The monoisotopic (exact) mass is 418 g/mol. The molecule has 2 aromatic carbocycles. The van der Waals surface area contributed by atoms with Crippen LogP contribution in [0.4, 0.5) is 11.5 Å². The van der Waals surface area contributed by atoms with Crippen molar-refractivity contribution in [3.63, 3.8) is 0 Å². The smallest absolute Gasteiger partial charge is 0.273 e. The Morgan fingerprint density at radius 2 is 1.82 bits per heavy atom. The third-order valence-corrected chi connectivity index (χ3v) is 5.05. The van der Waals surface area contributed by atoms with Gasteiger partial charge in [-0.15, -0.1) is 0 Å². The number of hydrogen-bond acceptors (Lipinski definition) is 4. The van der Waals surface area contributed by atoms with Crippen molar-refractivity contribution in [1.82, 2.24) is 9.78 Å². The summed E-state index contributed by atoms with van der Waals surface area (Å²) in [5, 5.41) is 19.2. The standard InChI is InChI=1S/C19H16Cl2N4O3/c1-11-9-18(23-24(11)10-14-15(20)6-4-7-16(14)21)22-19(26)13-5-3-8-17(12(13)2)25(27)28/h3-9H,10H2,1-2H3,(H,22,23,26). The number of nitrogens with zero attached hydrogens (tertiary/aromatic N) is 3. The number of hydrogen-bond donors (Lipinski definition) is 1. The maximum atomic E-state index is 12.6. The summed E-state index contributed by atoms with van der Waals surface area (Å²) in [4.78, 5) is 23.1. The fourth-order valence-electron chi connectivity index (χ4n) is 2.82. The predicted octanol–water partition coefficient (Wildman–Crippen LogP) is 5.02. The summed E-state index contributed by atoms with van der Waals surface area (Å²) in [6, 6.07) is 11.3. The second-order valence-corrected chi connectivity index (χ2v) is 7.00. The molecule has 0 radical (unpaired) electrons. The quantitative estimate of drug-likeness (QED) is 0.465. The van der Waals surface area contributed by atoms with Gasteiger partial charge in [-0.3, -0.25) is 19.6 Å². The minimum atomic E-state index is -0.516. The Morgan fingerprint density at radius 3 is 2.46 bits per heavy atom. The molecule has 0 saturated heterocycles. The maximum Gasteiger partial charge on any atom is 0.273 e. The van der Waals surface area contributed by atoms with E-state index in [0.717, 1.165) is 11.3 Å². The summed E-state index contributed by atoms with van der Waals surface area (Å²) in [5.41, 5.74) is 1.92. The molecule has 0 bridgehead atoms. The van der Waals surface area contributed by atoms with Crippen molar-refractivity contribution in [3.8, 4) is 0 Å².